The lowest BCUT2D eigenvalue weighted by molar-refractivity contribution is -0.385. The number of hydrogen-bond donors (Lipinski definition) is 2. The maximum Gasteiger partial charge on any atom is 0.344 e. The second-order valence-corrected chi connectivity index (χ2v) is 3.57. The second kappa shape index (κ2) is 6.36. The van der Waals surface area contributed by atoms with Crippen molar-refractivity contribution in [3.05, 3.63) is 27.8 Å². The molecule has 0 saturated heterocycles. The Kier molecular flexibility index (Phi) is 4.84. The number of nitrogens with two attached hydrogens (primary N) is 1. The van der Waals surface area contributed by atoms with Gasteiger partial charge in [-0.15, -0.1) is 0 Å². The summed E-state index contributed by atoms with van der Waals surface area (Å²) in [4.78, 5) is 32.2. The highest BCUT2D eigenvalue weighted by molar-refractivity contribution is 5.94. The molecule has 1 aromatic rings. The minimum absolute atomic E-state index is 0.0995. The number of esters is 1. The Morgan fingerprint density at radius 3 is 2.60 bits per heavy atom. The fourth-order valence-corrected chi connectivity index (χ4v) is 1.42. The summed E-state index contributed by atoms with van der Waals surface area (Å²) >= 11 is 0. The van der Waals surface area contributed by atoms with Crippen LogP contribution in [-0.2, 0) is 9.53 Å². The highest BCUT2D eigenvalue weighted by Crippen LogP contribution is 2.33. The van der Waals surface area contributed by atoms with E-state index in [0.717, 1.165) is 12.1 Å². The van der Waals surface area contributed by atoms with Crippen LogP contribution in [0.25, 0.3) is 0 Å². The van der Waals surface area contributed by atoms with Crippen molar-refractivity contribution < 1.29 is 29.1 Å². The van der Waals surface area contributed by atoms with E-state index in [2.05, 4.69) is 4.74 Å². The van der Waals surface area contributed by atoms with Gasteiger partial charge in [-0.2, -0.15) is 0 Å². The van der Waals surface area contributed by atoms with Crippen molar-refractivity contribution in [2.24, 2.45) is 0 Å². The molecule has 0 aliphatic rings. The number of benzene rings is 1. The summed E-state index contributed by atoms with van der Waals surface area (Å²) in [5, 5.41) is 19.9. The van der Waals surface area contributed by atoms with E-state index in [1.54, 1.807) is 6.92 Å². The minimum atomic E-state index is -1.46. The van der Waals surface area contributed by atoms with Gasteiger partial charge in [0.15, 0.2) is 6.61 Å². The van der Waals surface area contributed by atoms with Crippen LogP contribution in [0.15, 0.2) is 12.1 Å². The van der Waals surface area contributed by atoms with Crippen LogP contribution in [0.4, 0.5) is 11.4 Å². The van der Waals surface area contributed by atoms with Crippen molar-refractivity contribution in [3.8, 4) is 5.75 Å². The van der Waals surface area contributed by atoms with Gasteiger partial charge in [0, 0.05) is 11.8 Å². The third-order valence-electron chi connectivity index (χ3n) is 2.16. The Labute approximate surface area is 113 Å². The predicted molar refractivity (Wildman–Crippen MR) is 66.6 cm³/mol. The van der Waals surface area contributed by atoms with E-state index in [4.69, 9.17) is 15.6 Å². The number of carbonyl (C=O) groups excluding carboxylic acids is 1. The van der Waals surface area contributed by atoms with Gasteiger partial charge in [0.2, 0.25) is 5.75 Å². The topological polar surface area (TPSA) is 142 Å². The number of rotatable bonds is 6. The molecule has 0 bridgehead atoms. The van der Waals surface area contributed by atoms with Crippen LogP contribution in [0.5, 0.6) is 5.75 Å². The summed E-state index contributed by atoms with van der Waals surface area (Å²) in [6, 6.07) is 1.96. The first kappa shape index (κ1) is 15.2. The highest BCUT2D eigenvalue weighted by atomic mass is 16.6. The van der Waals surface area contributed by atoms with Crippen molar-refractivity contribution in [2.75, 3.05) is 18.9 Å². The third-order valence-corrected chi connectivity index (χ3v) is 2.16. The minimum Gasteiger partial charge on any atom is -0.478 e. The fraction of sp³-hybridized carbons (Fsp3) is 0.273. The molecule has 1 rings (SSSR count). The smallest absolute Gasteiger partial charge is 0.344 e. The maximum atomic E-state index is 11.2. The standard InChI is InChI=1S/C11H12N2O7/c1-2-19-9(14)5-20-10-7(11(15)16)3-6(12)4-8(10)13(17)18/h3-4H,2,5,12H2,1H3,(H,15,16). The molecule has 1 aromatic carbocycles. The van der Waals surface area contributed by atoms with Gasteiger partial charge in [0.25, 0.3) is 0 Å². The molecule has 0 spiro atoms. The number of nitrogen functional groups attached to an aromatic ring is 1. The first-order valence-electron chi connectivity index (χ1n) is 5.46. The lowest BCUT2D eigenvalue weighted by Gasteiger charge is -2.09. The SMILES string of the molecule is CCOC(=O)COc1c(C(=O)O)cc(N)cc1[N+](=O)[O-]. The summed E-state index contributed by atoms with van der Waals surface area (Å²) in [7, 11) is 0. The molecular weight excluding hydrogens is 272 g/mol. The molecule has 0 aliphatic carbocycles. The van der Waals surface area contributed by atoms with Crippen LogP contribution in [-0.4, -0.2) is 35.2 Å². The number of aromatic carboxylic acids is 1. The van der Waals surface area contributed by atoms with Crippen LogP contribution in [0.3, 0.4) is 0 Å². The average molecular weight is 284 g/mol. The summed E-state index contributed by atoms with van der Waals surface area (Å²) < 4.78 is 9.49. The van der Waals surface area contributed by atoms with Gasteiger partial charge in [-0.05, 0) is 13.0 Å². The lowest BCUT2D eigenvalue weighted by Crippen LogP contribution is -2.17. The largest absolute Gasteiger partial charge is 0.478 e. The summed E-state index contributed by atoms with van der Waals surface area (Å²) in [5.41, 5.74) is 4.16. The van der Waals surface area contributed by atoms with Crippen molar-refractivity contribution in [1.82, 2.24) is 0 Å². The predicted octanol–water partition coefficient (Wildman–Crippen LogP) is 0.817. The Morgan fingerprint density at radius 1 is 1.45 bits per heavy atom. The highest BCUT2D eigenvalue weighted by Gasteiger charge is 2.25. The molecule has 0 radical (unpaired) electrons. The lowest BCUT2D eigenvalue weighted by atomic mass is 10.1. The molecule has 0 amide bonds. The van der Waals surface area contributed by atoms with E-state index >= 15 is 0 Å². The maximum absolute atomic E-state index is 11.2. The fourth-order valence-electron chi connectivity index (χ4n) is 1.42. The number of carbonyl (C=O) groups is 2. The molecule has 9 heteroatoms. The Balaban J connectivity index is 3.16. The van der Waals surface area contributed by atoms with Gasteiger partial charge < -0.3 is 20.3 Å². The molecule has 20 heavy (non-hydrogen) atoms. The number of nitro benzene ring substituents is 1. The number of anilines is 1. The monoisotopic (exact) mass is 284 g/mol. The second-order valence-electron chi connectivity index (χ2n) is 3.57. The Hall–Kier alpha value is -2.84. The normalized spacial score (nSPS) is 9.85. The molecule has 9 nitrogen and oxygen atoms in total. The zero-order chi connectivity index (χ0) is 15.3. The molecule has 0 atom stereocenters. The summed E-state index contributed by atoms with van der Waals surface area (Å²) in [6.07, 6.45) is 0. The molecule has 0 saturated carbocycles. The van der Waals surface area contributed by atoms with Crippen LogP contribution in [0, 0.1) is 10.1 Å². The average Bonchev–Trinajstić information content (AvgIpc) is 2.36. The van der Waals surface area contributed by atoms with E-state index in [9.17, 15) is 19.7 Å². The molecule has 108 valence electrons. The van der Waals surface area contributed by atoms with Crippen LogP contribution in [0.2, 0.25) is 0 Å². The van der Waals surface area contributed by atoms with Gasteiger partial charge >= 0.3 is 17.6 Å². The summed E-state index contributed by atoms with van der Waals surface area (Å²) in [5.74, 6) is -2.76. The molecule has 0 aromatic heterocycles. The molecule has 0 heterocycles. The van der Waals surface area contributed by atoms with E-state index in [0.29, 0.717) is 0 Å². The quantitative estimate of drug-likeness (QED) is 0.338. The van der Waals surface area contributed by atoms with E-state index in [-0.39, 0.29) is 12.3 Å². The number of carboxylic acid groups (broad SMARTS) is 1. The third kappa shape index (κ3) is 3.57. The van der Waals surface area contributed by atoms with Crippen molar-refractivity contribution in [3.63, 3.8) is 0 Å². The zero-order valence-corrected chi connectivity index (χ0v) is 10.5. The van der Waals surface area contributed by atoms with E-state index in [1.165, 1.54) is 0 Å². The zero-order valence-electron chi connectivity index (χ0n) is 10.5. The van der Waals surface area contributed by atoms with Gasteiger partial charge in [-0.25, -0.2) is 9.59 Å². The number of ether oxygens (including phenoxy) is 2. The Morgan fingerprint density at radius 2 is 2.10 bits per heavy atom. The number of nitro groups is 1. The molecule has 0 unspecified atom stereocenters. The molecule has 3 N–H and O–H groups in total. The van der Waals surface area contributed by atoms with Crippen molar-refractivity contribution in [1.29, 1.82) is 0 Å². The summed E-state index contributed by atoms with van der Waals surface area (Å²) in [6.45, 7) is 1.04. The molecule has 0 aliphatic heterocycles. The molecular formula is C11H12N2O7. The van der Waals surface area contributed by atoms with Gasteiger partial charge in [-0.3, -0.25) is 10.1 Å². The van der Waals surface area contributed by atoms with Gasteiger partial charge in [0.1, 0.15) is 5.56 Å². The first-order valence-corrected chi connectivity index (χ1v) is 5.46. The van der Waals surface area contributed by atoms with Gasteiger partial charge in [0.05, 0.1) is 11.5 Å². The number of carboxylic acids is 1. The van der Waals surface area contributed by atoms with Crippen LogP contribution >= 0.6 is 0 Å². The number of hydrogen-bond acceptors (Lipinski definition) is 7. The molecule has 0 fully saturated rings. The van der Waals surface area contributed by atoms with Crippen molar-refractivity contribution in [2.45, 2.75) is 6.92 Å². The Bertz CT molecular complexity index is 521. The van der Waals surface area contributed by atoms with E-state index < -0.39 is 40.5 Å². The van der Waals surface area contributed by atoms with Gasteiger partial charge in [-0.1, -0.05) is 0 Å². The van der Waals surface area contributed by atoms with Crippen LogP contribution < -0.4 is 10.5 Å². The first-order chi connectivity index (χ1) is 9.36. The van der Waals surface area contributed by atoms with E-state index in [1.807, 2.05) is 0 Å². The van der Waals surface area contributed by atoms with Crippen molar-refractivity contribution >= 4 is 23.3 Å². The van der Waals surface area contributed by atoms with Crippen LogP contribution in [0.1, 0.15) is 17.3 Å². The number of nitrogens with zero attached hydrogens (tertiary/aromatic N) is 1.